The number of hydrogen-bond donors (Lipinski definition) is 1. The number of benzene rings is 2. The summed E-state index contributed by atoms with van der Waals surface area (Å²) in [6, 6.07) is 15.7. The highest BCUT2D eigenvalue weighted by Crippen LogP contribution is 2.32. The molecule has 0 bridgehead atoms. The number of rotatable bonds is 4. The third-order valence-electron chi connectivity index (χ3n) is 5.58. The Balaban J connectivity index is 1.56. The molecular formula is C22H23N5O3S. The van der Waals surface area contributed by atoms with Crippen LogP contribution in [0.1, 0.15) is 17.8 Å². The van der Waals surface area contributed by atoms with Gasteiger partial charge in [-0.15, -0.1) is 0 Å². The molecule has 0 radical (unpaired) electrons. The highest BCUT2D eigenvalue weighted by molar-refractivity contribution is 7.88. The Bertz CT molecular complexity index is 1380. The number of aryl methyl sites for hydroxylation is 1. The van der Waals surface area contributed by atoms with Crippen LogP contribution in [0.15, 0.2) is 48.5 Å². The Morgan fingerprint density at radius 1 is 1.10 bits per heavy atom. The molecule has 31 heavy (non-hydrogen) atoms. The molecule has 1 aliphatic heterocycles. The molecule has 0 unspecified atom stereocenters. The predicted octanol–water partition coefficient (Wildman–Crippen LogP) is 2.91. The molecule has 0 fully saturated rings. The average molecular weight is 438 g/mol. The van der Waals surface area contributed by atoms with Gasteiger partial charge in [-0.3, -0.25) is 0 Å². The van der Waals surface area contributed by atoms with Crippen molar-refractivity contribution >= 4 is 37.8 Å². The fourth-order valence-electron chi connectivity index (χ4n) is 4.06. The molecule has 2 N–H and O–H groups in total. The molecule has 3 heterocycles. The number of sulfonamides is 1. The lowest BCUT2D eigenvalue weighted by atomic mass is 10.1. The van der Waals surface area contributed by atoms with E-state index in [0.29, 0.717) is 49.0 Å². The summed E-state index contributed by atoms with van der Waals surface area (Å²) in [5.41, 5.74) is 9.56. The molecule has 9 heteroatoms. The lowest BCUT2D eigenvalue weighted by Gasteiger charge is -2.15. The van der Waals surface area contributed by atoms with Crippen LogP contribution in [0, 0.1) is 0 Å². The van der Waals surface area contributed by atoms with E-state index in [4.69, 9.17) is 10.5 Å². The second kappa shape index (κ2) is 7.51. The lowest BCUT2D eigenvalue weighted by Crippen LogP contribution is -2.29. The molecule has 160 valence electrons. The highest BCUT2D eigenvalue weighted by atomic mass is 32.2. The zero-order valence-corrected chi connectivity index (χ0v) is 18.0. The van der Waals surface area contributed by atoms with Crippen molar-refractivity contribution in [3.63, 3.8) is 0 Å². The summed E-state index contributed by atoms with van der Waals surface area (Å²) in [5, 5.41) is 0.919. The van der Waals surface area contributed by atoms with Crippen molar-refractivity contribution in [3.05, 3.63) is 59.9 Å². The van der Waals surface area contributed by atoms with Crippen molar-refractivity contribution in [1.29, 1.82) is 0 Å². The number of anilines is 1. The first-order valence-electron chi connectivity index (χ1n) is 10.1. The van der Waals surface area contributed by atoms with Gasteiger partial charge >= 0.3 is 0 Å². The van der Waals surface area contributed by atoms with Crippen LogP contribution in [0.5, 0.6) is 5.75 Å². The van der Waals surface area contributed by atoms with E-state index in [0.717, 1.165) is 22.0 Å². The molecule has 0 saturated carbocycles. The van der Waals surface area contributed by atoms with E-state index in [2.05, 4.69) is 14.5 Å². The third-order valence-corrected chi connectivity index (χ3v) is 6.83. The number of imidazole rings is 1. The van der Waals surface area contributed by atoms with Crippen LogP contribution < -0.4 is 10.5 Å². The third kappa shape index (κ3) is 3.70. The molecular weight excluding hydrogens is 414 g/mol. The lowest BCUT2D eigenvalue weighted by molar-refractivity contribution is 0.306. The van der Waals surface area contributed by atoms with E-state index in [-0.39, 0.29) is 6.54 Å². The number of nitrogen functional groups attached to an aromatic ring is 1. The largest absolute Gasteiger partial charge is 0.489 e. The summed E-state index contributed by atoms with van der Waals surface area (Å²) in [4.78, 5) is 9.21. The molecule has 0 amide bonds. The van der Waals surface area contributed by atoms with Crippen LogP contribution >= 0.6 is 0 Å². The van der Waals surface area contributed by atoms with Crippen molar-refractivity contribution in [3.8, 4) is 5.75 Å². The summed E-state index contributed by atoms with van der Waals surface area (Å²) >= 11 is 0. The monoisotopic (exact) mass is 437 g/mol. The van der Waals surface area contributed by atoms with Gasteiger partial charge in [0.25, 0.3) is 0 Å². The maximum atomic E-state index is 12.1. The van der Waals surface area contributed by atoms with Crippen LogP contribution in [-0.4, -0.2) is 40.1 Å². The smallest absolute Gasteiger partial charge is 0.211 e. The van der Waals surface area contributed by atoms with Crippen LogP contribution in [-0.2, 0) is 29.7 Å². The number of hydrogen-bond acceptors (Lipinski definition) is 6. The number of pyridine rings is 1. The van der Waals surface area contributed by atoms with Gasteiger partial charge < -0.3 is 15.0 Å². The summed E-state index contributed by atoms with van der Waals surface area (Å²) < 4.78 is 33.6. The molecule has 0 aliphatic carbocycles. The van der Waals surface area contributed by atoms with E-state index in [9.17, 15) is 8.42 Å². The van der Waals surface area contributed by atoms with E-state index in [1.807, 2.05) is 48.5 Å². The summed E-state index contributed by atoms with van der Waals surface area (Å²) in [6.07, 6.45) is 1.93. The number of aromatic nitrogens is 3. The Kier molecular flexibility index (Phi) is 4.79. The number of nitrogens with zero attached hydrogens (tertiary/aromatic N) is 4. The summed E-state index contributed by atoms with van der Waals surface area (Å²) in [6.45, 7) is 1.84. The quantitative estimate of drug-likeness (QED) is 0.527. The molecule has 0 saturated heterocycles. The van der Waals surface area contributed by atoms with Crippen LogP contribution in [0.3, 0.4) is 0 Å². The average Bonchev–Trinajstić information content (AvgIpc) is 2.96. The maximum absolute atomic E-state index is 12.1. The van der Waals surface area contributed by atoms with Gasteiger partial charge in [0, 0.05) is 24.5 Å². The second-order valence-corrected chi connectivity index (χ2v) is 9.76. The Hall–Kier alpha value is -3.17. The van der Waals surface area contributed by atoms with Gasteiger partial charge in [0.15, 0.2) is 5.82 Å². The normalized spacial score (nSPS) is 15.1. The second-order valence-electron chi connectivity index (χ2n) is 7.78. The number of fused-ring (bicyclic) bond motifs is 5. The zero-order valence-electron chi connectivity index (χ0n) is 17.2. The van der Waals surface area contributed by atoms with Gasteiger partial charge in [-0.05, 0) is 24.1 Å². The summed E-state index contributed by atoms with van der Waals surface area (Å²) in [5.74, 6) is 1.72. The Labute approximate surface area is 180 Å². The van der Waals surface area contributed by atoms with Gasteiger partial charge in [-0.1, -0.05) is 30.3 Å². The van der Waals surface area contributed by atoms with E-state index < -0.39 is 10.0 Å². The molecule has 5 rings (SSSR count). The minimum atomic E-state index is -3.30. The van der Waals surface area contributed by atoms with E-state index in [1.165, 1.54) is 10.6 Å². The topological polar surface area (TPSA) is 103 Å². The van der Waals surface area contributed by atoms with E-state index in [1.54, 1.807) is 0 Å². The zero-order chi connectivity index (χ0) is 21.6. The van der Waals surface area contributed by atoms with Crippen molar-refractivity contribution < 1.29 is 13.2 Å². The molecule has 1 aliphatic rings. The van der Waals surface area contributed by atoms with Gasteiger partial charge in [0.05, 0.1) is 23.8 Å². The molecule has 2 aromatic heterocycles. The van der Waals surface area contributed by atoms with E-state index >= 15 is 0 Å². The summed E-state index contributed by atoms with van der Waals surface area (Å²) in [7, 11) is -3.30. The van der Waals surface area contributed by atoms with Crippen LogP contribution in [0.25, 0.3) is 21.9 Å². The van der Waals surface area contributed by atoms with Crippen LogP contribution in [0.2, 0.25) is 0 Å². The van der Waals surface area contributed by atoms with Crippen molar-refractivity contribution in [2.45, 2.75) is 26.1 Å². The fraction of sp³-hybridized carbons (Fsp3) is 0.273. The minimum Gasteiger partial charge on any atom is -0.489 e. The first kappa shape index (κ1) is 19.8. The molecule has 0 spiro atoms. The molecule has 2 aromatic carbocycles. The minimum absolute atomic E-state index is 0.229. The number of nitrogens with two attached hydrogens (primary N) is 1. The van der Waals surface area contributed by atoms with Crippen molar-refractivity contribution in [1.82, 2.24) is 18.8 Å². The van der Waals surface area contributed by atoms with Crippen molar-refractivity contribution in [2.75, 3.05) is 18.5 Å². The standard InChI is InChI=1S/C22H23N5O3S/c1-31(28,29)26-10-5-11-27-19(13-26)25-20-21(27)17-9-8-16(12-18(17)24-22(20)23)30-14-15-6-3-2-4-7-15/h2-4,6-9,12H,5,10-11,13-14H2,1H3,(H2,23,24). The van der Waals surface area contributed by atoms with Gasteiger partial charge in [0.2, 0.25) is 10.0 Å². The van der Waals surface area contributed by atoms with Crippen LogP contribution in [0.4, 0.5) is 5.82 Å². The first-order valence-corrected chi connectivity index (χ1v) is 12.0. The maximum Gasteiger partial charge on any atom is 0.211 e. The predicted molar refractivity (Wildman–Crippen MR) is 120 cm³/mol. The molecule has 0 atom stereocenters. The van der Waals surface area contributed by atoms with Crippen molar-refractivity contribution in [2.24, 2.45) is 0 Å². The van der Waals surface area contributed by atoms with Gasteiger partial charge in [-0.25, -0.2) is 18.4 Å². The van der Waals surface area contributed by atoms with Gasteiger partial charge in [0.1, 0.15) is 23.7 Å². The Morgan fingerprint density at radius 2 is 1.90 bits per heavy atom. The highest BCUT2D eigenvalue weighted by Gasteiger charge is 2.25. The number of ether oxygens (including phenoxy) is 1. The van der Waals surface area contributed by atoms with Gasteiger partial charge in [-0.2, -0.15) is 4.31 Å². The SMILES string of the molecule is CS(=O)(=O)N1CCCn2c(nc3c(N)nc4cc(OCc5ccccc5)ccc4c32)C1. The molecule has 4 aromatic rings. The Morgan fingerprint density at radius 3 is 2.68 bits per heavy atom. The fourth-order valence-corrected chi connectivity index (χ4v) is 4.87. The molecule has 8 nitrogen and oxygen atoms in total. The first-order chi connectivity index (χ1) is 14.9.